The first-order valence-electron chi connectivity index (χ1n) is 10.6. The van der Waals surface area contributed by atoms with Crippen molar-refractivity contribution in [1.29, 1.82) is 0 Å². The molecule has 0 radical (unpaired) electrons. The molecule has 1 aliphatic carbocycles. The van der Waals surface area contributed by atoms with Crippen LogP contribution in [0.3, 0.4) is 0 Å². The van der Waals surface area contributed by atoms with E-state index in [0.717, 1.165) is 55.1 Å². The monoisotopic (exact) mass is 444 g/mol. The Morgan fingerprint density at radius 1 is 1.16 bits per heavy atom. The van der Waals surface area contributed by atoms with Crippen molar-refractivity contribution in [2.75, 3.05) is 26.2 Å². The number of hydrogen-bond donors (Lipinski definition) is 1. The van der Waals surface area contributed by atoms with Crippen molar-refractivity contribution < 1.29 is 17.7 Å². The number of carbonyl (C=O) groups excluding carboxylic acids is 1. The van der Waals surface area contributed by atoms with Crippen LogP contribution in [0.1, 0.15) is 35.4 Å². The maximum atomic E-state index is 12.5. The topological polar surface area (TPSA) is 95.8 Å². The minimum atomic E-state index is -3.46. The molecule has 0 bridgehead atoms. The number of rotatable bonds is 7. The smallest absolute Gasteiger partial charge is 0.246 e. The zero-order valence-corrected chi connectivity index (χ0v) is 18.7. The second kappa shape index (κ2) is 8.94. The number of hydrogen-bond acceptors (Lipinski definition) is 6. The minimum absolute atomic E-state index is 0.0379. The molecule has 1 aromatic heterocycles. The molecule has 2 heterocycles. The maximum absolute atomic E-state index is 12.5. The average molecular weight is 445 g/mol. The largest absolute Gasteiger partial charge is 0.361 e. The third kappa shape index (κ3) is 5.41. The van der Waals surface area contributed by atoms with E-state index in [1.54, 1.807) is 36.4 Å². The molecule has 9 heteroatoms. The minimum Gasteiger partial charge on any atom is -0.361 e. The van der Waals surface area contributed by atoms with E-state index in [2.05, 4.69) is 14.8 Å². The second-order valence-electron chi connectivity index (χ2n) is 8.20. The van der Waals surface area contributed by atoms with Crippen molar-refractivity contribution in [1.82, 2.24) is 19.7 Å². The van der Waals surface area contributed by atoms with Crippen LogP contribution in [0.15, 0.2) is 39.8 Å². The Labute approximate surface area is 182 Å². The van der Waals surface area contributed by atoms with Crippen LogP contribution in [0.2, 0.25) is 0 Å². The molecule has 2 aromatic rings. The van der Waals surface area contributed by atoms with Crippen LogP contribution in [0.5, 0.6) is 0 Å². The molecule has 2 aliphatic rings. The standard InChI is InChI=1S/C22H28N4O4S/c1-16-21(17(2)30-23-16)15-25-11-13-26(14-12-25)22(27)10-5-18-3-8-20(9-4-18)31(28,29)24-19-6-7-19/h3-5,8-10,19,24H,6-7,11-15H2,1-2H3. The number of piperazine rings is 1. The van der Waals surface area contributed by atoms with Gasteiger partial charge in [-0.05, 0) is 50.5 Å². The fourth-order valence-corrected chi connectivity index (χ4v) is 4.90. The summed E-state index contributed by atoms with van der Waals surface area (Å²) in [5.41, 5.74) is 2.83. The van der Waals surface area contributed by atoms with Gasteiger partial charge >= 0.3 is 0 Å². The number of amides is 1. The summed E-state index contributed by atoms with van der Waals surface area (Å²) in [6, 6.07) is 6.65. The van der Waals surface area contributed by atoms with Crippen molar-refractivity contribution in [3.8, 4) is 0 Å². The van der Waals surface area contributed by atoms with E-state index < -0.39 is 10.0 Å². The number of aromatic nitrogens is 1. The number of nitrogens with one attached hydrogen (secondary N) is 1. The molecule has 166 valence electrons. The van der Waals surface area contributed by atoms with E-state index >= 15 is 0 Å². The first-order chi connectivity index (χ1) is 14.8. The summed E-state index contributed by atoms with van der Waals surface area (Å²) in [6.45, 7) is 7.57. The maximum Gasteiger partial charge on any atom is 0.246 e. The highest BCUT2D eigenvalue weighted by atomic mass is 32.2. The molecule has 31 heavy (non-hydrogen) atoms. The van der Waals surface area contributed by atoms with E-state index in [-0.39, 0.29) is 16.8 Å². The Kier molecular flexibility index (Phi) is 6.27. The average Bonchev–Trinajstić information content (AvgIpc) is 3.52. The summed E-state index contributed by atoms with van der Waals surface area (Å²) >= 11 is 0. The van der Waals surface area contributed by atoms with Gasteiger partial charge in [0.05, 0.1) is 10.6 Å². The second-order valence-corrected chi connectivity index (χ2v) is 9.92. The summed E-state index contributed by atoms with van der Waals surface area (Å²) in [5.74, 6) is 0.810. The van der Waals surface area contributed by atoms with E-state index in [9.17, 15) is 13.2 Å². The number of sulfonamides is 1. The van der Waals surface area contributed by atoms with Crippen LogP contribution in [-0.2, 0) is 21.4 Å². The summed E-state index contributed by atoms with van der Waals surface area (Å²) in [4.78, 5) is 16.9. The molecule has 4 rings (SSSR count). The molecular formula is C22H28N4O4S. The lowest BCUT2D eigenvalue weighted by Crippen LogP contribution is -2.47. The summed E-state index contributed by atoms with van der Waals surface area (Å²) in [7, 11) is -3.46. The fraction of sp³-hybridized carbons (Fsp3) is 0.455. The van der Waals surface area contributed by atoms with Gasteiger partial charge in [0.15, 0.2) is 0 Å². The van der Waals surface area contributed by atoms with Gasteiger partial charge in [-0.1, -0.05) is 17.3 Å². The van der Waals surface area contributed by atoms with E-state index in [1.807, 2.05) is 18.7 Å². The lowest BCUT2D eigenvalue weighted by Gasteiger charge is -2.34. The quantitative estimate of drug-likeness (QED) is 0.657. The van der Waals surface area contributed by atoms with Crippen LogP contribution < -0.4 is 4.72 Å². The van der Waals surface area contributed by atoms with E-state index in [0.29, 0.717) is 13.1 Å². The molecule has 1 aromatic carbocycles. The Hall–Kier alpha value is -2.49. The molecule has 0 spiro atoms. The summed E-state index contributed by atoms with van der Waals surface area (Å²) in [6.07, 6.45) is 5.08. The molecule has 1 saturated heterocycles. The number of nitrogens with zero attached hydrogens (tertiary/aromatic N) is 3. The van der Waals surface area contributed by atoms with E-state index in [1.165, 1.54) is 0 Å². The van der Waals surface area contributed by atoms with Crippen LogP contribution in [-0.4, -0.2) is 61.5 Å². The Balaban J connectivity index is 1.28. The molecule has 1 saturated carbocycles. The van der Waals surface area contributed by atoms with E-state index in [4.69, 9.17) is 4.52 Å². The lowest BCUT2D eigenvalue weighted by atomic mass is 10.1. The third-order valence-electron chi connectivity index (χ3n) is 5.75. The van der Waals surface area contributed by atoms with Gasteiger partial charge in [-0.15, -0.1) is 0 Å². The van der Waals surface area contributed by atoms with Crippen LogP contribution in [0.25, 0.3) is 6.08 Å². The number of benzene rings is 1. The van der Waals surface area contributed by atoms with Crippen LogP contribution >= 0.6 is 0 Å². The molecule has 0 atom stereocenters. The predicted molar refractivity (Wildman–Crippen MR) is 117 cm³/mol. The molecule has 1 N–H and O–H groups in total. The Morgan fingerprint density at radius 2 is 1.84 bits per heavy atom. The summed E-state index contributed by atoms with van der Waals surface area (Å²) in [5, 5.41) is 4.00. The van der Waals surface area contributed by atoms with Gasteiger partial charge in [0.2, 0.25) is 15.9 Å². The van der Waals surface area contributed by atoms with Gasteiger partial charge < -0.3 is 9.42 Å². The van der Waals surface area contributed by atoms with Crippen molar-refractivity contribution in [2.45, 2.75) is 44.2 Å². The zero-order chi connectivity index (χ0) is 22.0. The van der Waals surface area contributed by atoms with Gasteiger partial charge in [-0.3, -0.25) is 9.69 Å². The fourth-order valence-electron chi connectivity index (χ4n) is 3.60. The molecular weight excluding hydrogens is 416 g/mol. The molecule has 1 aliphatic heterocycles. The van der Waals surface area contributed by atoms with Crippen molar-refractivity contribution in [3.05, 3.63) is 52.9 Å². The molecule has 0 unspecified atom stereocenters. The molecule has 1 amide bonds. The normalized spacial score (nSPS) is 18.1. The number of aryl methyl sites for hydroxylation is 2. The zero-order valence-electron chi connectivity index (χ0n) is 17.9. The first-order valence-corrected chi connectivity index (χ1v) is 12.0. The van der Waals surface area contributed by atoms with Crippen LogP contribution in [0.4, 0.5) is 0 Å². The highest BCUT2D eigenvalue weighted by Gasteiger charge is 2.27. The predicted octanol–water partition coefficient (Wildman–Crippen LogP) is 2.09. The van der Waals surface area contributed by atoms with Crippen molar-refractivity contribution in [3.63, 3.8) is 0 Å². The Morgan fingerprint density at radius 3 is 2.42 bits per heavy atom. The summed E-state index contributed by atoms with van der Waals surface area (Å²) < 4.78 is 32.3. The van der Waals surface area contributed by atoms with Gasteiger partial charge in [0.25, 0.3) is 0 Å². The van der Waals surface area contributed by atoms with Gasteiger partial charge in [-0.2, -0.15) is 0 Å². The third-order valence-corrected chi connectivity index (χ3v) is 7.29. The number of carbonyl (C=O) groups is 1. The highest BCUT2D eigenvalue weighted by Crippen LogP contribution is 2.22. The van der Waals surface area contributed by atoms with Crippen molar-refractivity contribution in [2.24, 2.45) is 0 Å². The Bertz CT molecular complexity index is 1040. The van der Waals surface area contributed by atoms with Crippen molar-refractivity contribution >= 4 is 22.0 Å². The van der Waals surface area contributed by atoms with Gasteiger partial charge in [0, 0.05) is 50.4 Å². The highest BCUT2D eigenvalue weighted by molar-refractivity contribution is 7.89. The van der Waals surface area contributed by atoms with Gasteiger partial charge in [-0.25, -0.2) is 13.1 Å². The molecule has 2 fully saturated rings. The lowest BCUT2D eigenvalue weighted by molar-refractivity contribution is -0.127. The molecule has 8 nitrogen and oxygen atoms in total. The van der Waals surface area contributed by atoms with Crippen LogP contribution in [0, 0.1) is 13.8 Å². The van der Waals surface area contributed by atoms with Gasteiger partial charge in [0.1, 0.15) is 5.76 Å². The first kappa shape index (κ1) is 21.7. The SMILES string of the molecule is Cc1noc(C)c1CN1CCN(C(=O)C=Cc2ccc(S(=O)(=O)NC3CC3)cc2)CC1.